The number of aryl methyl sites for hydroxylation is 1. The molecule has 0 N–H and O–H groups in total. The molecule has 0 fully saturated rings. The van der Waals surface area contributed by atoms with E-state index >= 15 is 0 Å². The lowest BCUT2D eigenvalue weighted by atomic mass is 10.2. The summed E-state index contributed by atoms with van der Waals surface area (Å²) < 4.78 is 6.95. The molecule has 1 aromatic rings. The Morgan fingerprint density at radius 3 is 2.94 bits per heavy atom. The Labute approximate surface area is 96.0 Å². The zero-order valence-corrected chi connectivity index (χ0v) is 9.94. The van der Waals surface area contributed by atoms with Crippen LogP contribution in [0.3, 0.4) is 0 Å². The van der Waals surface area contributed by atoms with E-state index in [1.807, 2.05) is 4.68 Å². The van der Waals surface area contributed by atoms with E-state index in [9.17, 15) is 0 Å². The average Bonchev–Trinajstić information content (AvgIpc) is 2.67. The molecule has 0 aliphatic heterocycles. The predicted molar refractivity (Wildman–Crippen MR) is 59.8 cm³/mol. The highest BCUT2D eigenvalue weighted by Gasteiger charge is 2.11. The smallest absolute Gasteiger partial charge is 0.100 e. The summed E-state index contributed by atoms with van der Waals surface area (Å²) in [5.41, 5.74) is 1.83. The van der Waals surface area contributed by atoms with Gasteiger partial charge in [-0.1, -0.05) is 18.6 Å². The SMILES string of the molecule is CCCCn1nnc(CC#N)c1CCOC. The minimum Gasteiger partial charge on any atom is -0.384 e. The van der Waals surface area contributed by atoms with Gasteiger partial charge in [0.15, 0.2) is 0 Å². The van der Waals surface area contributed by atoms with E-state index in [1.165, 1.54) is 0 Å². The molecule has 16 heavy (non-hydrogen) atoms. The van der Waals surface area contributed by atoms with Crippen LogP contribution in [0.25, 0.3) is 0 Å². The standard InChI is InChI=1S/C11H18N4O/c1-3-4-8-15-11(6-9-16-2)10(5-7-12)13-14-15/h3-6,8-9H2,1-2H3. The zero-order chi connectivity index (χ0) is 11.8. The molecule has 0 atom stereocenters. The molecule has 5 nitrogen and oxygen atoms in total. The van der Waals surface area contributed by atoms with Crippen LogP contribution in [0, 0.1) is 11.3 Å². The Kier molecular flexibility index (Phi) is 5.51. The molecule has 0 bridgehead atoms. The van der Waals surface area contributed by atoms with Crippen molar-refractivity contribution < 1.29 is 4.74 Å². The van der Waals surface area contributed by atoms with Gasteiger partial charge < -0.3 is 4.74 Å². The van der Waals surface area contributed by atoms with E-state index in [4.69, 9.17) is 10.00 Å². The third-order valence-corrected chi connectivity index (χ3v) is 2.43. The van der Waals surface area contributed by atoms with Crippen molar-refractivity contribution in [2.45, 2.75) is 39.2 Å². The number of hydrogen-bond donors (Lipinski definition) is 0. The van der Waals surface area contributed by atoms with Crippen molar-refractivity contribution in [3.8, 4) is 6.07 Å². The molecule has 0 saturated carbocycles. The van der Waals surface area contributed by atoms with Crippen LogP contribution in [-0.2, 0) is 24.1 Å². The first-order valence-corrected chi connectivity index (χ1v) is 5.60. The maximum absolute atomic E-state index is 8.70. The zero-order valence-electron chi connectivity index (χ0n) is 9.94. The Balaban J connectivity index is 2.77. The van der Waals surface area contributed by atoms with Gasteiger partial charge in [-0.3, -0.25) is 0 Å². The van der Waals surface area contributed by atoms with Crippen molar-refractivity contribution in [2.75, 3.05) is 13.7 Å². The molecule has 5 heteroatoms. The summed E-state index contributed by atoms with van der Waals surface area (Å²) in [4.78, 5) is 0. The highest BCUT2D eigenvalue weighted by Crippen LogP contribution is 2.08. The van der Waals surface area contributed by atoms with Crippen LogP contribution in [0.4, 0.5) is 0 Å². The average molecular weight is 222 g/mol. The van der Waals surface area contributed by atoms with E-state index < -0.39 is 0 Å². The molecule has 0 unspecified atom stereocenters. The molecule has 1 heterocycles. The van der Waals surface area contributed by atoms with Crippen LogP contribution in [-0.4, -0.2) is 28.7 Å². The molecular formula is C11H18N4O. The monoisotopic (exact) mass is 222 g/mol. The van der Waals surface area contributed by atoms with Crippen molar-refractivity contribution in [1.82, 2.24) is 15.0 Å². The fourth-order valence-electron chi connectivity index (χ4n) is 1.54. The molecule has 0 aliphatic carbocycles. The summed E-state index contributed by atoms with van der Waals surface area (Å²) >= 11 is 0. The maximum atomic E-state index is 8.70. The second kappa shape index (κ2) is 6.96. The van der Waals surface area contributed by atoms with E-state index in [0.717, 1.165) is 37.2 Å². The summed E-state index contributed by atoms with van der Waals surface area (Å²) in [5.74, 6) is 0. The highest BCUT2D eigenvalue weighted by atomic mass is 16.5. The molecule has 88 valence electrons. The molecule has 0 amide bonds. The van der Waals surface area contributed by atoms with E-state index in [0.29, 0.717) is 13.0 Å². The number of nitrogens with zero attached hydrogens (tertiary/aromatic N) is 4. The minimum atomic E-state index is 0.325. The summed E-state index contributed by atoms with van der Waals surface area (Å²) in [5, 5.41) is 16.8. The van der Waals surface area contributed by atoms with Gasteiger partial charge in [-0.05, 0) is 6.42 Å². The Hall–Kier alpha value is -1.41. The van der Waals surface area contributed by atoms with Crippen LogP contribution < -0.4 is 0 Å². The number of unbranched alkanes of at least 4 members (excludes halogenated alkanes) is 1. The Morgan fingerprint density at radius 1 is 1.50 bits per heavy atom. The molecule has 0 aliphatic rings. The van der Waals surface area contributed by atoms with Gasteiger partial charge in [0.25, 0.3) is 0 Å². The van der Waals surface area contributed by atoms with Crippen molar-refractivity contribution in [1.29, 1.82) is 5.26 Å². The molecular weight excluding hydrogens is 204 g/mol. The number of hydrogen-bond acceptors (Lipinski definition) is 4. The summed E-state index contributed by atoms with van der Waals surface area (Å²) in [6.45, 7) is 3.65. The lowest BCUT2D eigenvalue weighted by Gasteiger charge is -2.05. The molecule has 1 rings (SSSR count). The quantitative estimate of drug-likeness (QED) is 0.698. The third-order valence-electron chi connectivity index (χ3n) is 2.43. The minimum absolute atomic E-state index is 0.325. The Morgan fingerprint density at radius 2 is 2.31 bits per heavy atom. The van der Waals surface area contributed by atoms with Crippen LogP contribution in [0.15, 0.2) is 0 Å². The molecule has 0 radical (unpaired) electrons. The summed E-state index contributed by atoms with van der Waals surface area (Å²) in [6, 6.07) is 2.11. The van der Waals surface area contributed by atoms with Gasteiger partial charge in [-0.2, -0.15) is 5.26 Å². The maximum Gasteiger partial charge on any atom is 0.100 e. The fourth-order valence-corrected chi connectivity index (χ4v) is 1.54. The number of rotatable bonds is 7. The highest BCUT2D eigenvalue weighted by molar-refractivity contribution is 5.14. The van der Waals surface area contributed by atoms with Gasteiger partial charge in [0.1, 0.15) is 5.69 Å². The van der Waals surface area contributed by atoms with E-state index in [2.05, 4.69) is 23.3 Å². The van der Waals surface area contributed by atoms with Crippen molar-refractivity contribution >= 4 is 0 Å². The van der Waals surface area contributed by atoms with Crippen LogP contribution >= 0.6 is 0 Å². The topological polar surface area (TPSA) is 63.7 Å². The van der Waals surface area contributed by atoms with Gasteiger partial charge in [0, 0.05) is 20.1 Å². The normalized spacial score (nSPS) is 10.3. The van der Waals surface area contributed by atoms with Crippen molar-refractivity contribution in [3.05, 3.63) is 11.4 Å². The van der Waals surface area contributed by atoms with Gasteiger partial charge in [-0.15, -0.1) is 5.10 Å². The second-order valence-electron chi connectivity index (χ2n) is 3.64. The van der Waals surface area contributed by atoms with Crippen molar-refractivity contribution in [3.63, 3.8) is 0 Å². The van der Waals surface area contributed by atoms with Crippen LogP contribution in [0.1, 0.15) is 31.2 Å². The number of ether oxygens (including phenoxy) is 1. The number of aromatic nitrogens is 3. The van der Waals surface area contributed by atoms with E-state index in [1.54, 1.807) is 7.11 Å². The van der Waals surface area contributed by atoms with Crippen LogP contribution in [0.5, 0.6) is 0 Å². The lowest BCUT2D eigenvalue weighted by Crippen LogP contribution is -2.09. The molecule has 0 aromatic carbocycles. The molecule has 1 aromatic heterocycles. The predicted octanol–water partition coefficient (Wildman–Crippen LogP) is 1.33. The first-order chi connectivity index (χ1) is 7.83. The van der Waals surface area contributed by atoms with Gasteiger partial charge in [-0.25, -0.2) is 4.68 Å². The Bertz CT molecular complexity index is 353. The largest absolute Gasteiger partial charge is 0.384 e. The van der Waals surface area contributed by atoms with Gasteiger partial charge in [0.2, 0.25) is 0 Å². The van der Waals surface area contributed by atoms with Crippen molar-refractivity contribution in [2.24, 2.45) is 0 Å². The van der Waals surface area contributed by atoms with E-state index in [-0.39, 0.29) is 0 Å². The van der Waals surface area contributed by atoms with Crippen LogP contribution in [0.2, 0.25) is 0 Å². The van der Waals surface area contributed by atoms with Gasteiger partial charge >= 0.3 is 0 Å². The number of methoxy groups -OCH3 is 1. The fraction of sp³-hybridized carbons (Fsp3) is 0.727. The third kappa shape index (κ3) is 3.31. The first-order valence-electron chi connectivity index (χ1n) is 5.60. The second-order valence-corrected chi connectivity index (χ2v) is 3.64. The number of nitriles is 1. The summed E-state index contributed by atoms with van der Waals surface area (Å²) in [7, 11) is 1.67. The lowest BCUT2D eigenvalue weighted by molar-refractivity contribution is 0.200. The molecule has 0 saturated heterocycles. The summed E-state index contributed by atoms with van der Waals surface area (Å²) in [6.07, 6.45) is 3.29. The first kappa shape index (κ1) is 12.7. The van der Waals surface area contributed by atoms with Gasteiger partial charge in [0.05, 0.1) is 24.8 Å². The molecule has 0 spiro atoms.